The fourth-order valence-corrected chi connectivity index (χ4v) is 5.63. The van der Waals surface area contributed by atoms with Crippen LogP contribution in [0.5, 0.6) is 5.75 Å². The van der Waals surface area contributed by atoms with Gasteiger partial charge < -0.3 is 30.2 Å². The van der Waals surface area contributed by atoms with Crippen molar-refractivity contribution in [3.8, 4) is 17.6 Å². The SMILES string of the molecule is CCCC[C@H](CC)NC(=O)c1ccc(NCC#Cc2cc3c(N[C@@H]4CCN(C)C[C@@H]4F)cccc3n2CC(F)(F)F)c(OC)c1. The van der Waals surface area contributed by atoms with Crippen molar-refractivity contribution in [2.45, 2.75) is 76.9 Å². The number of carbonyl (C=O) groups is 1. The number of hydrogen-bond donors (Lipinski definition) is 3. The number of aromatic nitrogens is 1. The predicted octanol–water partition coefficient (Wildman–Crippen LogP) is 6.83. The first-order chi connectivity index (χ1) is 21.5. The maximum absolute atomic E-state index is 14.7. The number of nitrogens with one attached hydrogen (secondary N) is 3. The summed E-state index contributed by atoms with van der Waals surface area (Å²) in [4.78, 5) is 14.7. The number of alkyl halides is 4. The van der Waals surface area contributed by atoms with Gasteiger partial charge in [-0.15, -0.1) is 0 Å². The first-order valence-electron chi connectivity index (χ1n) is 15.5. The van der Waals surface area contributed by atoms with Crippen LogP contribution in [0.25, 0.3) is 10.9 Å². The number of hydrogen-bond acceptors (Lipinski definition) is 5. The van der Waals surface area contributed by atoms with E-state index in [4.69, 9.17) is 4.74 Å². The lowest BCUT2D eigenvalue weighted by atomic mass is 10.0. The monoisotopic (exact) mass is 629 g/mol. The van der Waals surface area contributed by atoms with Gasteiger partial charge in [0, 0.05) is 35.8 Å². The lowest BCUT2D eigenvalue weighted by molar-refractivity contribution is -0.140. The summed E-state index contributed by atoms with van der Waals surface area (Å²) in [6, 6.07) is 11.4. The van der Waals surface area contributed by atoms with Crippen LogP contribution in [0.1, 0.15) is 62.0 Å². The van der Waals surface area contributed by atoms with Gasteiger partial charge in [0.15, 0.2) is 0 Å². The number of nitrogens with zero attached hydrogens (tertiary/aromatic N) is 2. The molecule has 2 heterocycles. The zero-order chi connectivity index (χ0) is 32.6. The lowest BCUT2D eigenvalue weighted by Crippen LogP contribution is -2.46. The third-order valence-corrected chi connectivity index (χ3v) is 8.15. The summed E-state index contributed by atoms with van der Waals surface area (Å²) in [5.41, 5.74) is 2.22. The highest BCUT2D eigenvalue weighted by molar-refractivity contribution is 5.95. The van der Waals surface area contributed by atoms with Gasteiger partial charge in [-0.3, -0.25) is 4.79 Å². The highest BCUT2D eigenvalue weighted by Gasteiger charge is 2.31. The van der Waals surface area contributed by atoms with Crippen LogP contribution >= 0.6 is 0 Å². The van der Waals surface area contributed by atoms with Gasteiger partial charge in [0.1, 0.15) is 18.5 Å². The average molecular weight is 630 g/mol. The number of methoxy groups -OCH3 is 1. The molecule has 3 N–H and O–H groups in total. The number of carbonyl (C=O) groups excluding carboxylic acids is 1. The second kappa shape index (κ2) is 15.4. The molecular weight excluding hydrogens is 586 g/mol. The van der Waals surface area contributed by atoms with Crippen LogP contribution < -0.4 is 20.7 Å². The Morgan fingerprint density at radius 1 is 1.16 bits per heavy atom. The van der Waals surface area contributed by atoms with Crippen molar-refractivity contribution in [2.24, 2.45) is 0 Å². The highest BCUT2D eigenvalue weighted by atomic mass is 19.4. The number of ether oxygens (including phenoxy) is 1. The van der Waals surface area contributed by atoms with Crippen molar-refractivity contribution in [3.05, 3.63) is 53.7 Å². The molecule has 1 fully saturated rings. The number of likely N-dealkylation sites (tertiary alicyclic amines) is 1. The van der Waals surface area contributed by atoms with Crippen LogP contribution in [0.3, 0.4) is 0 Å². The average Bonchev–Trinajstić information content (AvgIpc) is 3.35. The van der Waals surface area contributed by atoms with Crippen molar-refractivity contribution in [2.75, 3.05) is 44.4 Å². The Balaban J connectivity index is 1.51. The second-order valence-electron chi connectivity index (χ2n) is 11.6. The fourth-order valence-electron chi connectivity index (χ4n) is 5.63. The van der Waals surface area contributed by atoms with E-state index in [0.29, 0.717) is 46.6 Å². The first kappa shape index (κ1) is 34.0. The smallest absolute Gasteiger partial charge is 0.406 e. The maximum atomic E-state index is 14.7. The standard InChI is InChI=1S/C34H43F4N5O2/c1-5-7-10-24(6-2)40-33(44)23-14-15-30(32(19-23)45-4)39-17-9-11-25-20-26-28(41-29-16-18-42(3)21-27(29)35)12-8-13-31(26)43(25)22-34(36,37)38/h8,12-15,19-20,24,27,29,39,41H,5-7,10,16-18,21-22H2,1-4H3,(H,40,44)/t24-,27-,29+/m0/s1. The van der Waals surface area contributed by atoms with Crippen LogP contribution in [0.15, 0.2) is 42.5 Å². The number of halogens is 4. The Hall–Kier alpha value is -3.91. The molecule has 11 heteroatoms. The van der Waals surface area contributed by atoms with E-state index in [2.05, 4.69) is 34.7 Å². The number of unbranched alkanes of at least 4 members (excludes halogenated alkanes) is 1. The van der Waals surface area contributed by atoms with Crippen molar-refractivity contribution in [3.63, 3.8) is 0 Å². The maximum Gasteiger partial charge on any atom is 0.406 e. The third kappa shape index (κ3) is 9.07. The first-order valence-corrected chi connectivity index (χ1v) is 15.5. The minimum absolute atomic E-state index is 0.103. The normalized spacial score (nSPS) is 17.8. The number of piperidine rings is 1. The fraction of sp³-hybridized carbons (Fsp3) is 0.500. The quantitative estimate of drug-likeness (QED) is 0.151. The molecule has 0 saturated carbocycles. The molecule has 1 aromatic heterocycles. The highest BCUT2D eigenvalue weighted by Crippen LogP contribution is 2.32. The minimum Gasteiger partial charge on any atom is -0.495 e. The summed E-state index contributed by atoms with van der Waals surface area (Å²) < 4.78 is 62.2. The summed E-state index contributed by atoms with van der Waals surface area (Å²) in [6.07, 6.45) is -1.10. The van der Waals surface area contributed by atoms with E-state index in [-0.39, 0.29) is 24.2 Å². The molecule has 0 spiro atoms. The lowest BCUT2D eigenvalue weighted by Gasteiger charge is -2.33. The number of fused-ring (bicyclic) bond motifs is 1. The van der Waals surface area contributed by atoms with Crippen LogP contribution in [0.4, 0.5) is 28.9 Å². The molecule has 1 aliphatic heterocycles. The zero-order valence-corrected chi connectivity index (χ0v) is 26.4. The summed E-state index contributed by atoms with van der Waals surface area (Å²) in [7, 11) is 3.36. The van der Waals surface area contributed by atoms with Crippen LogP contribution in [0.2, 0.25) is 0 Å². The molecule has 1 amide bonds. The molecule has 0 bridgehead atoms. The van der Waals surface area contributed by atoms with Crippen LogP contribution in [-0.2, 0) is 6.54 Å². The molecule has 0 unspecified atom stereocenters. The number of amides is 1. The number of rotatable bonds is 12. The predicted molar refractivity (Wildman–Crippen MR) is 172 cm³/mol. The molecule has 7 nitrogen and oxygen atoms in total. The Kier molecular flexibility index (Phi) is 11.6. The van der Waals surface area contributed by atoms with Crippen molar-refractivity contribution in [1.29, 1.82) is 0 Å². The van der Waals surface area contributed by atoms with Gasteiger partial charge in [0.05, 0.1) is 36.6 Å². The molecule has 0 radical (unpaired) electrons. The molecule has 3 aromatic rings. The van der Waals surface area contributed by atoms with E-state index < -0.39 is 24.9 Å². The van der Waals surface area contributed by atoms with Crippen molar-refractivity contribution in [1.82, 2.24) is 14.8 Å². The van der Waals surface area contributed by atoms with E-state index in [0.717, 1.165) is 36.8 Å². The minimum atomic E-state index is -4.46. The van der Waals surface area contributed by atoms with Crippen LogP contribution in [-0.4, -0.2) is 73.6 Å². The molecule has 2 aromatic carbocycles. The van der Waals surface area contributed by atoms with Crippen molar-refractivity contribution < 1.29 is 27.1 Å². The molecule has 45 heavy (non-hydrogen) atoms. The molecule has 244 valence electrons. The van der Waals surface area contributed by atoms with E-state index in [1.54, 1.807) is 42.5 Å². The largest absolute Gasteiger partial charge is 0.495 e. The van der Waals surface area contributed by atoms with Gasteiger partial charge in [-0.2, -0.15) is 13.2 Å². The Morgan fingerprint density at radius 3 is 2.64 bits per heavy atom. The Morgan fingerprint density at radius 2 is 1.96 bits per heavy atom. The summed E-state index contributed by atoms with van der Waals surface area (Å²) in [5, 5.41) is 10.0. The molecule has 0 aliphatic carbocycles. The van der Waals surface area contributed by atoms with E-state index in [9.17, 15) is 22.4 Å². The van der Waals surface area contributed by atoms with Gasteiger partial charge >= 0.3 is 6.18 Å². The zero-order valence-electron chi connectivity index (χ0n) is 26.4. The molecule has 3 atom stereocenters. The van der Waals surface area contributed by atoms with E-state index in [1.165, 1.54) is 7.11 Å². The summed E-state index contributed by atoms with van der Waals surface area (Å²) >= 11 is 0. The summed E-state index contributed by atoms with van der Waals surface area (Å²) in [5.74, 6) is 6.09. The third-order valence-electron chi connectivity index (χ3n) is 8.15. The second-order valence-corrected chi connectivity index (χ2v) is 11.6. The summed E-state index contributed by atoms with van der Waals surface area (Å²) in [6.45, 7) is 4.11. The van der Waals surface area contributed by atoms with Gasteiger partial charge in [0.2, 0.25) is 0 Å². The van der Waals surface area contributed by atoms with Crippen LogP contribution in [0, 0.1) is 11.8 Å². The van der Waals surface area contributed by atoms with Gasteiger partial charge in [-0.1, -0.05) is 38.7 Å². The topological polar surface area (TPSA) is 70.6 Å². The molecular formula is C34H43F4N5O2. The molecule has 1 saturated heterocycles. The van der Waals surface area contributed by atoms with Gasteiger partial charge in [-0.25, -0.2) is 4.39 Å². The number of anilines is 2. The molecule has 1 aliphatic rings. The van der Waals surface area contributed by atoms with E-state index in [1.807, 2.05) is 18.9 Å². The number of benzene rings is 2. The Labute approximate surface area is 262 Å². The van der Waals surface area contributed by atoms with Gasteiger partial charge in [0.25, 0.3) is 5.91 Å². The van der Waals surface area contributed by atoms with Crippen molar-refractivity contribution >= 4 is 28.2 Å². The molecule has 4 rings (SSSR count). The van der Waals surface area contributed by atoms with Gasteiger partial charge in [-0.05, 0) is 68.6 Å². The Bertz CT molecular complexity index is 1510. The van der Waals surface area contributed by atoms with E-state index >= 15 is 0 Å².